The number of aromatic carboxylic acids is 1. The molecule has 0 bridgehead atoms. The predicted octanol–water partition coefficient (Wildman–Crippen LogP) is 1.20. The average Bonchev–Trinajstić information content (AvgIpc) is 2.25. The number of ether oxygens (including phenoxy) is 2. The van der Waals surface area contributed by atoms with Gasteiger partial charge in [-0.05, 0) is 13.0 Å². The normalized spacial score (nSPS) is 9.93. The summed E-state index contributed by atoms with van der Waals surface area (Å²) in [6.07, 6.45) is 1.26. The highest BCUT2D eigenvalue weighted by Gasteiger charge is 2.02. The molecular formula is C10H13NO4. The topological polar surface area (TPSA) is 68.7 Å². The molecule has 0 fully saturated rings. The van der Waals surface area contributed by atoms with Crippen molar-refractivity contribution in [3.05, 3.63) is 23.9 Å². The van der Waals surface area contributed by atoms with Crippen molar-refractivity contribution in [1.82, 2.24) is 4.98 Å². The summed E-state index contributed by atoms with van der Waals surface area (Å²) in [4.78, 5) is 14.3. The van der Waals surface area contributed by atoms with Gasteiger partial charge in [0, 0.05) is 18.9 Å². The summed E-state index contributed by atoms with van der Waals surface area (Å²) < 4.78 is 10.3. The van der Waals surface area contributed by atoms with E-state index in [1.807, 2.05) is 6.92 Å². The van der Waals surface area contributed by atoms with Gasteiger partial charge < -0.3 is 14.6 Å². The molecule has 0 unspecified atom stereocenters. The van der Waals surface area contributed by atoms with Gasteiger partial charge in [0.1, 0.15) is 6.61 Å². The molecule has 0 radical (unpaired) electrons. The molecule has 1 rings (SSSR count). The zero-order valence-corrected chi connectivity index (χ0v) is 8.47. The van der Waals surface area contributed by atoms with E-state index in [9.17, 15) is 4.79 Å². The Balaban J connectivity index is 2.39. The zero-order valence-electron chi connectivity index (χ0n) is 8.47. The Bertz CT molecular complexity index is 310. The Kier molecular flexibility index (Phi) is 4.56. The molecule has 0 aromatic carbocycles. The molecule has 0 saturated carbocycles. The number of nitrogens with zero attached hydrogens (tertiary/aromatic N) is 1. The molecule has 5 heteroatoms. The average molecular weight is 211 g/mol. The van der Waals surface area contributed by atoms with Crippen LogP contribution in [0.3, 0.4) is 0 Å². The number of aromatic nitrogens is 1. The van der Waals surface area contributed by atoms with Gasteiger partial charge in [-0.1, -0.05) is 0 Å². The highest BCUT2D eigenvalue weighted by molar-refractivity contribution is 5.87. The Hall–Kier alpha value is -1.62. The van der Waals surface area contributed by atoms with Crippen molar-refractivity contribution in [1.29, 1.82) is 0 Å². The van der Waals surface area contributed by atoms with Gasteiger partial charge in [0.2, 0.25) is 5.88 Å². The molecule has 5 nitrogen and oxygen atoms in total. The number of carboxylic acid groups (broad SMARTS) is 1. The fourth-order valence-electron chi connectivity index (χ4n) is 0.942. The van der Waals surface area contributed by atoms with E-state index in [4.69, 9.17) is 14.6 Å². The Labute approximate surface area is 87.7 Å². The first-order valence-corrected chi connectivity index (χ1v) is 4.64. The maximum Gasteiger partial charge on any atom is 0.337 e. The van der Waals surface area contributed by atoms with Crippen LogP contribution < -0.4 is 4.74 Å². The maximum atomic E-state index is 10.5. The van der Waals surface area contributed by atoms with Crippen LogP contribution in [0.2, 0.25) is 0 Å². The summed E-state index contributed by atoms with van der Waals surface area (Å²) in [5.41, 5.74) is 0.146. The molecule has 1 heterocycles. The van der Waals surface area contributed by atoms with E-state index in [1.54, 1.807) is 0 Å². The van der Waals surface area contributed by atoms with Gasteiger partial charge >= 0.3 is 5.97 Å². The summed E-state index contributed by atoms with van der Waals surface area (Å²) in [5, 5.41) is 8.62. The molecule has 0 aliphatic carbocycles. The largest absolute Gasteiger partial charge is 0.478 e. The monoisotopic (exact) mass is 211 g/mol. The second kappa shape index (κ2) is 5.98. The van der Waals surface area contributed by atoms with Crippen LogP contribution in [0.25, 0.3) is 0 Å². The number of hydrogen-bond acceptors (Lipinski definition) is 4. The summed E-state index contributed by atoms with van der Waals surface area (Å²) >= 11 is 0. The van der Waals surface area contributed by atoms with Crippen LogP contribution in [-0.2, 0) is 4.74 Å². The van der Waals surface area contributed by atoms with Crippen LogP contribution in [0.5, 0.6) is 5.88 Å². The van der Waals surface area contributed by atoms with Crippen molar-refractivity contribution in [2.75, 3.05) is 19.8 Å². The Morgan fingerprint density at radius 3 is 2.80 bits per heavy atom. The van der Waals surface area contributed by atoms with Gasteiger partial charge in [-0.15, -0.1) is 0 Å². The molecule has 1 aromatic rings. The summed E-state index contributed by atoms with van der Waals surface area (Å²) in [5.74, 6) is -0.594. The van der Waals surface area contributed by atoms with Crippen LogP contribution in [0.4, 0.5) is 0 Å². The van der Waals surface area contributed by atoms with E-state index in [1.165, 1.54) is 18.3 Å². The molecule has 0 atom stereocenters. The van der Waals surface area contributed by atoms with Crippen molar-refractivity contribution < 1.29 is 19.4 Å². The number of carbonyl (C=O) groups is 1. The van der Waals surface area contributed by atoms with Crippen molar-refractivity contribution in [2.24, 2.45) is 0 Å². The lowest BCUT2D eigenvalue weighted by Gasteiger charge is -2.04. The van der Waals surface area contributed by atoms with Gasteiger partial charge in [0.25, 0.3) is 0 Å². The zero-order chi connectivity index (χ0) is 11.1. The quantitative estimate of drug-likeness (QED) is 0.716. The second-order valence-electron chi connectivity index (χ2n) is 2.74. The molecule has 0 aliphatic heterocycles. The molecule has 0 aliphatic rings. The lowest BCUT2D eigenvalue weighted by Crippen LogP contribution is -2.07. The molecular weight excluding hydrogens is 198 g/mol. The second-order valence-corrected chi connectivity index (χ2v) is 2.74. The van der Waals surface area contributed by atoms with Gasteiger partial charge in [-0.3, -0.25) is 0 Å². The molecule has 1 N–H and O–H groups in total. The Morgan fingerprint density at radius 2 is 2.27 bits per heavy atom. The van der Waals surface area contributed by atoms with Gasteiger partial charge in [-0.25, -0.2) is 9.78 Å². The lowest BCUT2D eigenvalue weighted by atomic mass is 10.3. The number of rotatable bonds is 6. The maximum absolute atomic E-state index is 10.5. The molecule has 15 heavy (non-hydrogen) atoms. The minimum atomic E-state index is -0.997. The van der Waals surface area contributed by atoms with Crippen LogP contribution in [0.1, 0.15) is 17.3 Å². The van der Waals surface area contributed by atoms with Gasteiger partial charge in [0.05, 0.1) is 12.2 Å². The van der Waals surface area contributed by atoms with Gasteiger partial charge in [-0.2, -0.15) is 0 Å². The van der Waals surface area contributed by atoms with Crippen LogP contribution in [-0.4, -0.2) is 35.9 Å². The first-order valence-electron chi connectivity index (χ1n) is 4.64. The first-order chi connectivity index (χ1) is 7.24. The van der Waals surface area contributed by atoms with Crippen molar-refractivity contribution in [3.8, 4) is 5.88 Å². The van der Waals surface area contributed by atoms with E-state index < -0.39 is 5.97 Å². The number of carboxylic acids is 1. The number of hydrogen-bond donors (Lipinski definition) is 1. The minimum Gasteiger partial charge on any atom is -0.478 e. The fraction of sp³-hybridized carbons (Fsp3) is 0.400. The molecule has 0 spiro atoms. The van der Waals surface area contributed by atoms with Gasteiger partial charge in [0.15, 0.2) is 0 Å². The third-order valence-corrected chi connectivity index (χ3v) is 1.67. The molecule has 82 valence electrons. The summed E-state index contributed by atoms with van der Waals surface area (Å²) in [6.45, 7) is 3.46. The lowest BCUT2D eigenvalue weighted by molar-refractivity contribution is 0.0696. The van der Waals surface area contributed by atoms with Crippen molar-refractivity contribution in [3.63, 3.8) is 0 Å². The molecule has 0 saturated heterocycles. The van der Waals surface area contributed by atoms with E-state index in [2.05, 4.69) is 4.98 Å². The van der Waals surface area contributed by atoms with Crippen LogP contribution in [0.15, 0.2) is 18.3 Å². The van der Waals surface area contributed by atoms with E-state index in [0.717, 1.165) is 0 Å². The first kappa shape index (κ1) is 11.5. The third-order valence-electron chi connectivity index (χ3n) is 1.67. The SMILES string of the molecule is CCOCCOc1ccc(C(=O)O)cn1. The van der Waals surface area contributed by atoms with Crippen LogP contribution >= 0.6 is 0 Å². The molecule has 1 aromatic heterocycles. The fourth-order valence-corrected chi connectivity index (χ4v) is 0.942. The number of pyridine rings is 1. The Morgan fingerprint density at radius 1 is 1.47 bits per heavy atom. The summed E-state index contributed by atoms with van der Waals surface area (Å²) in [7, 11) is 0. The predicted molar refractivity (Wildman–Crippen MR) is 53.2 cm³/mol. The third kappa shape index (κ3) is 3.95. The van der Waals surface area contributed by atoms with E-state index >= 15 is 0 Å². The van der Waals surface area contributed by atoms with E-state index in [0.29, 0.717) is 25.7 Å². The highest BCUT2D eigenvalue weighted by Crippen LogP contribution is 2.07. The standard InChI is InChI=1S/C10H13NO4/c1-2-14-5-6-15-9-4-3-8(7-11-9)10(12)13/h3-4,7H,2,5-6H2,1H3,(H,12,13). The smallest absolute Gasteiger partial charge is 0.337 e. The highest BCUT2D eigenvalue weighted by atomic mass is 16.5. The molecule has 0 amide bonds. The minimum absolute atomic E-state index is 0.146. The van der Waals surface area contributed by atoms with E-state index in [-0.39, 0.29) is 5.56 Å². The van der Waals surface area contributed by atoms with Crippen molar-refractivity contribution >= 4 is 5.97 Å². The van der Waals surface area contributed by atoms with Crippen molar-refractivity contribution in [2.45, 2.75) is 6.92 Å². The van der Waals surface area contributed by atoms with Crippen LogP contribution in [0, 0.1) is 0 Å². The summed E-state index contributed by atoms with van der Waals surface area (Å²) in [6, 6.07) is 2.97.